The van der Waals surface area contributed by atoms with E-state index in [1.807, 2.05) is 27.7 Å². The van der Waals surface area contributed by atoms with E-state index in [4.69, 9.17) is 14.0 Å². The highest BCUT2D eigenvalue weighted by Gasteiger charge is 2.52. The Balaban J connectivity index is 0.000000247. The normalized spacial score (nSPS) is 17.1. The van der Waals surface area contributed by atoms with Gasteiger partial charge in [0, 0.05) is 45.8 Å². The second kappa shape index (κ2) is 23.5. The van der Waals surface area contributed by atoms with Gasteiger partial charge in [-0.1, -0.05) is 22.3 Å². The Morgan fingerprint density at radius 3 is 1.48 bits per heavy atom. The van der Waals surface area contributed by atoms with Crippen LogP contribution in [0.1, 0.15) is 101 Å². The summed E-state index contributed by atoms with van der Waals surface area (Å²) in [4.78, 5) is 7.21. The number of nitrogens with zero attached hydrogens (tertiary/aromatic N) is 8. The van der Waals surface area contributed by atoms with E-state index in [1.54, 1.807) is 12.1 Å². The van der Waals surface area contributed by atoms with Crippen LogP contribution in [0.15, 0.2) is 65.7 Å². The molecule has 3 fully saturated rings. The molecule has 0 radical (unpaired) electrons. The third kappa shape index (κ3) is 15.2. The van der Waals surface area contributed by atoms with Crippen LogP contribution in [0, 0.1) is 23.5 Å². The van der Waals surface area contributed by atoms with Crippen LogP contribution in [-0.2, 0) is 31.0 Å². The molecule has 28 heteroatoms. The molecule has 6 aromatic heterocycles. The van der Waals surface area contributed by atoms with Gasteiger partial charge in [0.15, 0.2) is 35.1 Å². The van der Waals surface area contributed by atoms with Crippen LogP contribution in [0.2, 0.25) is 0 Å². The highest BCUT2D eigenvalue weighted by molar-refractivity contribution is 9.10. The average Bonchev–Trinajstić information content (AvgIpc) is 4.20. The Labute approximate surface area is 433 Å². The molecule has 9 rings (SSSR count). The number of hydrogen-bond acceptors (Lipinski definition) is 12. The van der Waals surface area contributed by atoms with Gasteiger partial charge in [-0.15, -0.1) is 20.4 Å². The van der Waals surface area contributed by atoms with Gasteiger partial charge < -0.3 is 28.3 Å². The van der Waals surface area contributed by atoms with Gasteiger partial charge in [0.1, 0.15) is 0 Å². The molecule has 14 nitrogen and oxygen atoms in total. The maximum absolute atomic E-state index is 14.5. The molecule has 0 N–H and O–H groups in total. The second-order valence-corrected chi connectivity index (χ2v) is 19.0. The molecule has 1 aliphatic heterocycles. The monoisotopic (exact) mass is 1150 g/mol. The van der Waals surface area contributed by atoms with Crippen LogP contribution in [0.5, 0.6) is 11.8 Å². The van der Waals surface area contributed by atoms with Gasteiger partial charge in [0.25, 0.3) is 11.8 Å². The highest BCUT2D eigenvalue weighted by atomic mass is 79.9. The summed E-state index contributed by atoms with van der Waals surface area (Å²) in [5, 5.41) is 14.4. The van der Waals surface area contributed by atoms with Crippen molar-refractivity contribution in [3.05, 3.63) is 88.9 Å². The Morgan fingerprint density at radius 1 is 0.627 bits per heavy atom. The minimum Gasteiger partial charge on any atom is -0.463 e. The fourth-order valence-corrected chi connectivity index (χ4v) is 6.58. The van der Waals surface area contributed by atoms with E-state index in [0.717, 1.165) is 62.3 Å². The summed E-state index contributed by atoms with van der Waals surface area (Å²) in [6.45, 7) is 8.80. The van der Waals surface area contributed by atoms with Crippen LogP contribution < -0.4 is 14.9 Å². The lowest BCUT2D eigenvalue weighted by molar-refractivity contribution is -0.257. The first-order chi connectivity index (χ1) is 33.4. The summed E-state index contributed by atoms with van der Waals surface area (Å²) >= 11 is 3.23. The van der Waals surface area contributed by atoms with Crippen molar-refractivity contribution in [3.63, 3.8) is 0 Å². The molecule has 0 bridgehead atoms. The zero-order valence-electron chi connectivity index (χ0n) is 38.8. The zero-order chi connectivity index (χ0) is 52.8. The number of aromatic nitrogens is 8. The topological polar surface area (TPSA) is 142 Å². The summed E-state index contributed by atoms with van der Waals surface area (Å²) in [7, 11) is -0.851. The van der Waals surface area contributed by atoms with E-state index >= 15 is 0 Å². The predicted molar refractivity (Wildman–Crippen MR) is 254 cm³/mol. The van der Waals surface area contributed by atoms with Gasteiger partial charge >= 0.3 is 31.7 Å². The summed E-state index contributed by atoms with van der Waals surface area (Å²) < 4.78 is 193. The van der Waals surface area contributed by atoms with E-state index in [1.165, 1.54) is 35.1 Å². The van der Waals surface area contributed by atoms with Crippen molar-refractivity contribution < 1.29 is 80.9 Å². The molecule has 0 spiro atoms. The van der Waals surface area contributed by atoms with Crippen LogP contribution >= 0.6 is 15.9 Å². The van der Waals surface area contributed by atoms with Crippen molar-refractivity contribution in [2.75, 3.05) is 13.2 Å². The maximum atomic E-state index is 14.5. The van der Waals surface area contributed by atoms with Crippen LogP contribution in [0.3, 0.4) is 0 Å². The van der Waals surface area contributed by atoms with Gasteiger partial charge in [-0.05, 0) is 131 Å². The molecule has 3 aliphatic rings. The third-order valence-corrected chi connectivity index (χ3v) is 12.1. The molecule has 6 aromatic rings. The van der Waals surface area contributed by atoms with Crippen molar-refractivity contribution in [2.24, 2.45) is 11.8 Å². The van der Waals surface area contributed by atoms with Gasteiger partial charge in [-0.2, -0.15) is 43.9 Å². The number of alkyl halides is 10. The summed E-state index contributed by atoms with van der Waals surface area (Å²) in [5.41, 5.74) is -0.0964. The first-order valence-corrected chi connectivity index (χ1v) is 22.8. The van der Waals surface area contributed by atoms with Gasteiger partial charge in [-0.3, -0.25) is 8.80 Å². The Morgan fingerprint density at radius 2 is 1.05 bits per heavy atom. The van der Waals surface area contributed by atoms with Crippen molar-refractivity contribution in [3.8, 4) is 22.9 Å². The number of ether oxygens (including phenoxy) is 4. The minimum absolute atomic E-state index is 0. The maximum Gasteiger partial charge on any atom is 0.496 e. The highest BCUT2D eigenvalue weighted by Crippen LogP contribution is 2.39. The number of hydrogen-bond donors (Lipinski definition) is 0. The molecule has 1 saturated heterocycles. The average molecular weight is 1150 g/mol. The largest absolute Gasteiger partial charge is 0.496 e. The fraction of sp³-hybridized carbons (Fsp3) is 0.532. The van der Waals surface area contributed by atoms with E-state index in [0.29, 0.717) is 10.1 Å². The predicted octanol–water partition coefficient (Wildman–Crippen LogP) is 12.5. The Hall–Kier alpha value is -5.32. The van der Waals surface area contributed by atoms with E-state index in [2.05, 4.69) is 60.5 Å². The summed E-state index contributed by atoms with van der Waals surface area (Å²) in [6, 6.07) is 8.09. The van der Waals surface area contributed by atoms with Gasteiger partial charge in [0.05, 0.1) is 24.4 Å². The zero-order valence-corrected chi connectivity index (χ0v) is 40.4. The molecular formula is C47H56BBrF12N8O6. The lowest BCUT2D eigenvalue weighted by Crippen LogP contribution is -2.41. The molecule has 0 unspecified atom stereocenters. The minimum atomic E-state index is -4.69. The number of halogens is 13. The van der Waals surface area contributed by atoms with Crippen LogP contribution in [0.25, 0.3) is 22.4 Å². The first-order valence-electron chi connectivity index (χ1n) is 22.0. The molecule has 0 aromatic carbocycles. The fourth-order valence-electron chi connectivity index (χ4n) is 6.24. The Kier molecular flexibility index (Phi) is 19.5. The van der Waals surface area contributed by atoms with Gasteiger partial charge in [-0.25, -0.2) is 18.7 Å². The molecule has 0 amide bonds. The second-order valence-electron chi connectivity index (χ2n) is 18.1. The first kappa shape index (κ1) is 62.2. The number of pyridine rings is 4. The van der Waals surface area contributed by atoms with Gasteiger partial charge in [0.2, 0.25) is 11.6 Å². The molecule has 2 atom stereocenters. The third-order valence-electron chi connectivity index (χ3n) is 11.7. The van der Waals surface area contributed by atoms with E-state index in [-0.39, 0.29) is 69.6 Å². The smallest absolute Gasteiger partial charge is 0.463 e. The molecule has 7 heterocycles. The standard InChI is InChI=1S/C19H16F6N4O2.C14H18BF4NO3.C11H10BrF2N3O.3CH4/c1-10(18(21,22)23)31-16-14(20)6-13(7-26-16)12-4-5-15-27-28-17(29(15)8-12)19(24,25)30-9-11-2-3-11;1-8(14(17,18)19)21-11-10(16)6-9(7-20-11)15-22-12(2,3)13(4,5)23-15;12-8-3-4-9-15-16-10(17(9)5-8)11(13,14)18-6-7-1-2-7;;;/h4-8,10-11H,2-3,9H2,1H3;6-8H,1-5H3;3-5,7H,1-2,6H2;3*1H4/t10-;8-;;;;/m11..../s1. The lowest BCUT2D eigenvalue weighted by atomic mass is 9.80. The van der Waals surface area contributed by atoms with Crippen LogP contribution in [-0.4, -0.2) is 95.3 Å². The van der Waals surface area contributed by atoms with Crippen molar-refractivity contribution in [1.82, 2.24) is 39.2 Å². The van der Waals surface area contributed by atoms with Crippen LogP contribution in [0.4, 0.5) is 52.7 Å². The molecular weight excluding hydrogens is 1090 g/mol. The molecule has 75 heavy (non-hydrogen) atoms. The van der Waals surface area contributed by atoms with Crippen molar-refractivity contribution in [2.45, 2.75) is 137 Å². The SMILES string of the molecule is C.C.C.C[C@@H](Oc1ncc(-c2ccc3nnc(C(F)(F)OCC4CC4)n3c2)cc1F)C(F)(F)F.C[C@@H](Oc1ncc(B2OC(C)(C)C(C)(C)O2)cc1F)C(F)(F)F.FC(F)(OCC1CC1)c1nnc2ccc(Br)cn12. The van der Waals surface area contributed by atoms with E-state index in [9.17, 15) is 52.7 Å². The van der Waals surface area contributed by atoms with E-state index < -0.39 is 90.1 Å². The molecule has 414 valence electrons. The molecule has 2 saturated carbocycles. The number of rotatable bonds is 14. The summed E-state index contributed by atoms with van der Waals surface area (Å²) in [6.07, 6.45) is -12.2. The number of fused-ring (bicyclic) bond motifs is 2. The summed E-state index contributed by atoms with van der Waals surface area (Å²) in [5.74, 6) is -4.52. The Bertz CT molecular complexity index is 2850. The van der Waals surface area contributed by atoms with Crippen molar-refractivity contribution >= 4 is 39.8 Å². The van der Waals surface area contributed by atoms with Crippen molar-refractivity contribution in [1.29, 1.82) is 0 Å². The lowest BCUT2D eigenvalue weighted by Gasteiger charge is -2.32. The molecule has 2 aliphatic carbocycles. The quantitative estimate of drug-likeness (QED) is 0.0757.